The number of ether oxygens (including phenoxy) is 1. The molecule has 3 heterocycles. The molecule has 2 aromatic rings. The van der Waals surface area contributed by atoms with Gasteiger partial charge in [0.25, 0.3) is 0 Å². The van der Waals surface area contributed by atoms with E-state index in [-0.39, 0.29) is 24.0 Å². The number of thiophene rings is 1. The van der Waals surface area contributed by atoms with E-state index >= 15 is 0 Å². The highest BCUT2D eigenvalue weighted by molar-refractivity contribution is 14.0. The summed E-state index contributed by atoms with van der Waals surface area (Å²) in [6.07, 6.45) is 0.916. The van der Waals surface area contributed by atoms with Crippen LogP contribution in [-0.4, -0.2) is 48.7 Å². The standard InChI is InChI=1S/C15H20N4OS2.HI/c1-11-18-13(10-21-11)14-3-2-12(22-14)4-5-17-15(16)19-6-8-20-9-7-19;/h2-3,10H,4-9H2,1H3,(H2,16,17);1H. The van der Waals surface area contributed by atoms with Gasteiger partial charge in [-0.05, 0) is 19.1 Å². The van der Waals surface area contributed by atoms with E-state index in [0.717, 1.165) is 50.0 Å². The van der Waals surface area contributed by atoms with Crippen LogP contribution in [0.15, 0.2) is 22.5 Å². The maximum Gasteiger partial charge on any atom is 0.191 e. The summed E-state index contributed by atoms with van der Waals surface area (Å²) in [6.45, 7) is 5.89. The zero-order valence-electron chi connectivity index (χ0n) is 13.0. The van der Waals surface area contributed by atoms with Crippen molar-refractivity contribution < 1.29 is 4.74 Å². The van der Waals surface area contributed by atoms with Gasteiger partial charge in [-0.1, -0.05) is 0 Å². The summed E-state index contributed by atoms with van der Waals surface area (Å²) in [5.41, 5.74) is 7.11. The van der Waals surface area contributed by atoms with Crippen molar-refractivity contribution in [1.82, 2.24) is 9.88 Å². The van der Waals surface area contributed by atoms with E-state index in [1.807, 2.05) is 6.92 Å². The molecule has 0 spiro atoms. The molecule has 0 unspecified atom stereocenters. The van der Waals surface area contributed by atoms with Crippen LogP contribution in [0.25, 0.3) is 10.6 Å². The molecule has 1 aliphatic heterocycles. The van der Waals surface area contributed by atoms with Crippen LogP contribution in [0.3, 0.4) is 0 Å². The van der Waals surface area contributed by atoms with Crippen LogP contribution in [0.2, 0.25) is 0 Å². The lowest BCUT2D eigenvalue weighted by atomic mass is 10.3. The third-order valence-electron chi connectivity index (χ3n) is 3.50. The Labute approximate surface area is 161 Å². The van der Waals surface area contributed by atoms with E-state index in [2.05, 4.69) is 32.4 Å². The number of aryl methyl sites for hydroxylation is 1. The van der Waals surface area contributed by atoms with Crippen molar-refractivity contribution >= 4 is 52.6 Å². The summed E-state index contributed by atoms with van der Waals surface area (Å²) in [5.74, 6) is 0.634. The number of hydrogen-bond acceptors (Lipinski definition) is 5. The van der Waals surface area contributed by atoms with Crippen LogP contribution in [0.1, 0.15) is 9.88 Å². The molecule has 1 fully saturated rings. The molecule has 1 saturated heterocycles. The Balaban J connectivity index is 0.00000192. The number of hydrogen-bond donors (Lipinski definition) is 1. The van der Waals surface area contributed by atoms with Crippen molar-refractivity contribution in [2.45, 2.75) is 13.3 Å². The Kier molecular flexibility index (Phi) is 7.25. The van der Waals surface area contributed by atoms with Gasteiger partial charge in [0.2, 0.25) is 0 Å². The summed E-state index contributed by atoms with van der Waals surface area (Å²) in [4.78, 5) is 13.6. The molecule has 0 saturated carbocycles. The normalized spacial score (nSPS) is 15.5. The summed E-state index contributed by atoms with van der Waals surface area (Å²) in [5, 5.41) is 3.22. The molecule has 3 rings (SSSR count). The van der Waals surface area contributed by atoms with Gasteiger partial charge < -0.3 is 15.4 Å². The van der Waals surface area contributed by atoms with E-state index in [0.29, 0.717) is 5.96 Å². The first kappa shape index (κ1) is 18.6. The number of aliphatic imine (C=N–C) groups is 1. The summed E-state index contributed by atoms with van der Waals surface area (Å²) >= 11 is 3.47. The second kappa shape index (κ2) is 8.95. The minimum atomic E-state index is 0. The highest BCUT2D eigenvalue weighted by Gasteiger charge is 2.12. The molecule has 0 bridgehead atoms. The summed E-state index contributed by atoms with van der Waals surface area (Å²) in [6, 6.07) is 4.30. The van der Waals surface area contributed by atoms with Crippen molar-refractivity contribution in [3.05, 3.63) is 27.4 Å². The third-order valence-corrected chi connectivity index (χ3v) is 5.44. The second-order valence-corrected chi connectivity index (χ2v) is 7.34. The fourth-order valence-electron chi connectivity index (χ4n) is 2.30. The Morgan fingerprint density at radius 3 is 2.87 bits per heavy atom. The maximum atomic E-state index is 6.03. The molecule has 0 radical (unpaired) electrons. The molecular weight excluding hydrogens is 443 g/mol. The quantitative estimate of drug-likeness (QED) is 0.430. The van der Waals surface area contributed by atoms with Gasteiger partial charge in [-0.3, -0.25) is 4.99 Å². The van der Waals surface area contributed by atoms with E-state index < -0.39 is 0 Å². The molecule has 126 valence electrons. The van der Waals surface area contributed by atoms with E-state index in [1.54, 1.807) is 22.7 Å². The average Bonchev–Trinajstić information content (AvgIpc) is 3.17. The molecule has 2 aromatic heterocycles. The Morgan fingerprint density at radius 1 is 1.39 bits per heavy atom. The molecule has 0 aliphatic carbocycles. The monoisotopic (exact) mass is 464 g/mol. The van der Waals surface area contributed by atoms with Crippen molar-refractivity contribution in [3.63, 3.8) is 0 Å². The topological polar surface area (TPSA) is 63.7 Å². The highest BCUT2D eigenvalue weighted by Crippen LogP contribution is 2.29. The summed E-state index contributed by atoms with van der Waals surface area (Å²) in [7, 11) is 0. The molecule has 0 amide bonds. The lowest BCUT2D eigenvalue weighted by Crippen LogP contribution is -2.44. The lowest BCUT2D eigenvalue weighted by molar-refractivity contribution is 0.0674. The van der Waals surface area contributed by atoms with Gasteiger partial charge in [-0.15, -0.1) is 46.7 Å². The maximum absolute atomic E-state index is 6.03. The van der Waals surface area contributed by atoms with E-state index in [4.69, 9.17) is 10.5 Å². The van der Waals surface area contributed by atoms with Crippen LogP contribution < -0.4 is 5.73 Å². The number of nitrogens with zero attached hydrogens (tertiary/aromatic N) is 3. The molecule has 23 heavy (non-hydrogen) atoms. The highest BCUT2D eigenvalue weighted by atomic mass is 127. The molecule has 0 aromatic carbocycles. The van der Waals surface area contributed by atoms with Crippen molar-refractivity contribution in [1.29, 1.82) is 0 Å². The number of rotatable bonds is 4. The first-order chi connectivity index (χ1) is 10.7. The predicted molar refractivity (Wildman–Crippen MR) is 108 cm³/mol. The van der Waals surface area contributed by atoms with E-state index in [9.17, 15) is 0 Å². The van der Waals surface area contributed by atoms with Crippen LogP contribution in [0, 0.1) is 6.92 Å². The fourth-order valence-corrected chi connectivity index (χ4v) is 3.94. The van der Waals surface area contributed by atoms with Gasteiger partial charge in [0, 0.05) is 36.3 Å². The number of aromatic nitrogens is 1. The van der Waals surface area contributed by atoms with Crippen LogP contribution in [0.4, 0.5) is 0 Å². The van der Waals surface area contributed by atoms with Gasteiger partial charge in [-0.25, -0.2) is 4.98 Å². The SMILES string of the molecule is Cc1nc(-c2ccc(CCN=C(N)N3CCOCC3)s2)cs1.I. The largest absolute Gasteiger partial charge is 0.378 e. The molecule has 5 nitrogen and oxygen atoms in total. The van der Waals surface area contributed by atoms with Gasteiger partial charge in [0.15, 0.2) is 5.96 Å². The predicted octanol–water partition coefficient (Wildman–Crippen LogP) is 2.99. The van der Waals surface area contributed by atoms with Gasteiger partial charge in [0.1, 0.15) is 0 Å². The molecule has 0 atom stereocenters. The smallest absolute Gasteiger partial charge is 0.191 e. The van der Waals surface area contributed by atoms with Crippen LogP contribution in [-0.2, 0) is 11.2 Å². The number of thiazole rings is 1. The van der Waals surface area contributed by atoms with Crippen LogP contribution >= 0.6 is 46.7 Å². The van der Waals surface area contributed by atoms with Gasteiger partial charge in [-0.2, -0.15) is 0 Å². The zero-order valence-corrected chi connectivity index (χ0v) is 17.0. The minimum absolute atomic E-state index is 0. The van der Waals surface area contributed by atoms with Gasteiger partial charge in [0.05, 0.1) is 28.8 Å². The second-order valence-electron chi connectivity index (χ2n) is 5.11. The Morgan fingerprint density at radius 2 is 2.17 bits per heavy atom. The van der Waals surface area contributed by atoms with Gasteiger partial charge >= 0.3 is 0 Å². The Bertz CT molecular complexity index is 649. The lowest BCUT2D eigenvalue weighted by Gasteiger charge is -2.27. The fraction of sp³-hybridized carbons (Fsp3) is 0.467. The summed E-state index contributed by atoms with van der Waals surface area (Å²) < 4.78 is 5.31. The molecular formula is C15H21IN4OS2. The van der Waals surface area contributed by atoms with Crippen molar-refractivity contribution in [2.24, 2.45) is 10.7 Å². The first-order valence-electron chi connectivity index (χ1n) is 7.36. The number of guanidine groups is 1. The minimum Gasteiger partial charge on any atom is -0.378 e. The number of halogens is 1. The van der Waals surface area contributed by atoms with Crippen molar-refractivity contribution in [3.8, 4) is 10.6 Å². The molecule has 2 N–H and O–H groups in total. The van der Waals surface area contributed by atoms with E-state index in [1.165, 1.54) is 9.75 Å². The Hall–Kier alpha value is -0.710. The number of morpholine rings is 1. The number of nitrogens with two attached hydrogens (primary N) is 1. The first-order valence-corrected chi connectivity index (χ1v) is 9.06. The van der Waals surface area contributed by atoms with Crippen molar-refractivity contribution in [2.75, 3.05) is 32.8 Å². The molecule has 1 aliphatic rings. The molecule has 8 heteroatoms. The zero-order chi connectivity index (χ0) is 15.4. The average molecular weight is 464 g/mol. The van der Waals surface area contributed by atoms with Crippen LogP contribution in [0.5, 0.6) is 0 Å². The third kappa shape index (κ3) is 5.13.